The Bertz CT molecular complexity index is 80.0. The van der Waals surface area contributed by atoms with Gasteiger partial charge >= 0.3 is 39.8 Å². The van der Waals surface area contributed by atoms with Crippen molar-refractivity contribution in [3.8, 4) is 0 Å². The summed E-state index contributed by atoms with van der Waals surface area (Å²) in [6.45, 7) is 0. The monoisotopic (exact) mass is 205 g/mol. The summed E-state index contributed by atoms with van der Waals surface area (Å²) in [6, 6.07) is 0. The molecule has 0 aliphatic carbocycles. The van der Waals surface area contributed by atoms with Crippen LogP contribution in [-0.4, -0.2) is 4.19 Å². The van der Waals surface area contributed by atoms with Gasteiger partial charge in [0.15, 0.2) is 0 Å². The van der Waals surface area contributed by atoms with Crippen molar-refractivity contribution in [3.63, 3.8) is 0 Å². The van der Waals surface area contributed by atoms with E-state index in [0.717, 1.165) is 0 Å². The van der Waals surface area contributed by atoms with Crippen LogP contribution in [0.1, 0.15) is 0 Å². The fourth-order valence-electron chi connectivity index (χ4n) is 0. The zero-order chi connectivity index (χ0) is 5.15. The largest absolute Gasteiger partial charge is 0.369 e. The van der Waals surface area contributed by atoms with Gasteiger partial charge < -0.3 is 12.3 Å². The second-order valence-electron chi connectivity index (χ2n) is 0.523. The van der Waals surface area contributed by atoms with E-state index in [4.69, 9.17) is 9.90 Å². The molecule has 0 aromatic rings. The molecular formula is CH8N2NbO4. The molecule has 0 aliphatic heterocycles. The first-order valence-electron chi connectivity index (χ1n) is 0.997. The molecule has 0 aromatic carbocycles. The van der Waals surface area contributed by atoms with Crippen molar-refractivity contribution < 1.29 is 35.6 Å². The Morgan fingerprint density at radius 2 is 1.50 bits per heavy atom. The minimum atomic E-state index is -4.29. The number of hydrogen-bond donors (Lipinski definition) is 2. The molecule has 0 bridgehead atoms. The van der Waals surface area contributed by atoms with Gasteiger partial charge in [-0.15, -0.1) is 0 Å². The molecule has 0 aromatic heterocycles. The Morgan fingerprint density at radius 3 is 1.50 bits per heavy atom. The van der Waals surface area contributed by atoms with Gasteiger partial charge in [0.25, 0.3) is 0 Å². The zero-order valence-electron chi connectivity index (χ0n) is 4.58. The molecule has 0 atom stereocenters. The van der Waals surface area contributed by atoms with Gasteiger partial charge in [0.2, 0.25) is 0 Å². The Morgan fingerprint density at radius 1 is 1.38 bits per heavy atom. The summed E-state index contributed by atoms with van der Waals surface area (Å²) in [7, 11) is 0. The molecule has 0 saturated carbocycles. The van der Waals surface area contributed by atoms with Crippen LogP contribution < -0.4 is 21.0 Å². The van der Waals surface area contributed by atoms with Gasteiger partial charge in [0, 0.05) is 0 Å². The number of carboxylic acid groups (broad SMARTS) is 1. The standard InChI is InChI=1S/CO2.2H3N.Nb.2O/c2-1-3;;;;;/h;2*1H3;;;/q-1;;;;;-1/p+2. The van der Waals surface area contributed by atoms with Gasteiger partial charge in [-0.05, 0) is 0 Å². The summed E-state index contributed by atoms with van der Waals surface area (Å²) in [5, 5.41) is 9.04. The SMILES string of the molecule is O=[C]([O-])[Nb](=[O])[O-].[NH4+].[NH4+]. The van der Waals surface area contributed by atoms with Crippen molar-refractivity contribution >= 4 is 4.19 Å². The normalized spacial score (nSPS) is 5.62. The maximum atomic E-state index is 9.19. The van der Waals surface area contributed by atoms with Crippen molar-refractivity contribution in [2.75, 3.05) is 0 Å². The van der Waals surface area contributed by atoms with E-state index < -0.39 is 23.0 Å². The molecule has 0 spiro atoms. The second kappa shape index (κ2) is 6.89. The van der Waals surface area contributed by atoms with Crippen LogP contribution in [0.5, 0.6) is 0 Å². The van der Waals surface area contributed by atoms with Crippen molar-refractivity contribution in [1.82, 2.24) is 12.3 Å². The number of carbonyl (C=O) groups is 1. The number of quaternary nitrogens is 2. The Balaban J connectivity index is -0.000000125. The van der Waals surface area contributed by atoms with Gasteiger partial charge in [-0.25, -0.2) is 0 Å². The van der Waals surface area contributed by atoms with Crippen LogP contribution >= 0.6 is 0 Å². The summed E-state index contributed by atoms with van der Waals surface area (Å²) in [5.41, 5.74) is 0. The van der Waals surface area contributed by atoms with E-state index in [-0.39, 0.29) is 12.3 Å². The van der Waals surface area contributed by atoms with E-state index in [0.29, 0.717) is 0 Å². The summed E-state index contributed by atoms with van der Waals surface area (Å²) < 4.78 is 16.5. The van der Waals surface area contributed by atoms with Crippen LogP contribution in [0, 0.1) is 0 Å². The van der Waals surface area contributed by atoms with E-state index in [1.54, 1.807) is 0 Å². The number of rotatable bonds is 1. The van der Waals surface area contributed by atoms with Crippen LogP contribution in [0.3, 0.4) is 0 Å². The first kappa shape index (κ1) is 15.7. The van der Waals surface area contributed by atoms with Crippen molar-refractivity contribution in [2.24, 2.45) is 0 Å². The van der Waals surface area contributed by atoms with E-state index in [1.165, 1.54) is 0 Å². The molecule has 6 nitrogen and oxygen atoms in total. The first-order valence-corrected chi connectivity index (χ1v) is 3.89. The van der Waals surface area contributed by atoms with Crippen molar-refractivity contribution in [2.45, 2.75) is 0 Å². The van der Waals surface area contributed by atoms with Crippen LogP contribution in [0.2, 0.25) is 0 Å². The minimum absolute atomic E-state index is 0. The minimum Gasteiger partial charge on any atom is -0.369 e. The molecule has 0 rings (SSSR count). The van der Waals surface area contributed by atoms with Crippen LogP contribution in [0.15, 0.2) is 0 Å². The maximum absolute atomic E-state index is 9.19. The first-order chi connectivity index (χ1) is 2.64. The zero-order valence-corrected chi connectivity index (χ0v) is 6.78. The van der Waals surface area contributed by atoms with E-state index in [2.05, 4.69) is 0 Å². The van der Waals surface area contributed by atoms with Gasteiger partial charge in [-0.3, -0.25) is 0 Å². The molecule has 0 heterocycles. The summed E-state index contributed by atoms with van der Waals surface area (Å²) >= 11 is -4.29. The molecule has 0 saturated heterocycles. The van der Waals surface area contributed by atoms with Gasteiger partial charge in [0.1, 0.15) is 0 Å². The number of hydrogen-bond acceptors (Lipinski definition) is 4. The molecule has 0 radical (unpaired) electrons. The molecule has 8 heavy (non-hydrogen) atoms. The average Bonchev–Trinajstić information content (AvgIpc) is 1.36. The number of carbonyl (C=O) groups excluding carboxylic acids is 1. The fraction of sp³-hybridized carbons (Fsp3) is 0. The fourth-order valence-corrected chi connectivity index (χ4v) is 0. The Hall–Kier alpha value is -0.110. The van der Waals surface area contributed by atoms with E-state index >= 15 is 0 Å². The third-order valence-electron chi connectivity index (χ3n) is 0.149. The van der Waals surface area contributed by atoms with Gasteiger partial charge in [-0.1, -0.05) is 0 Å². The molecule has 0 amide bonds. The van der Waals surface area contributed by atoms with Crippen LogP contribution in [0.4, 0.5) is 4.79 Å². The molecule has 8 N–H and O–H groups in total. The Labute approximate surface area is 52.6 Å². The third kappa shape index (κ3) is 9.31. The summed E-state index contributed by atoms with van der Waals surface area (Å²) in [5.74, 6) is 0. The third-order valence-corrected chi connectivity index (χ3v) is 0.882. The molecule has 0 unspecified atom stereocenters. The smallest absolute Gasteiger partial charge is 0.369 e. The van der Waals surface area contributed by atoms with Crippen molar-refractivity contribution in [3.05, 3.63) is 0 Å². The topological polar surface area (TPSA) is 153 Å². The predicted molar refractivity (Wildman–Crippen MR) is 18.1 cm³/mol. The van der Waals surface area contributed by atoms with Crippen LogP contribution in [-0.2, 0) is 22.1 Å². The van der Waals surface area contributed by atoms with Gasteiger partial charge in [0.05, 0.1) is 0 Å². The molecular weight excluding hydrogens is 197 g/mol. The van der Waals surface area contributed by atoms with Crippen LogP contribution in [0.25, 0.3) is 0 Å². The molecule has 51 valence electrons. The average molecular weight is 205 g/mol. The van der Waals surface area contributed by atoms with Gasteiger partial charge in [-0.2, -0.15) is 0 Å². The summed E-state index contributed by atoms with van der Waals surface area (Å²) in [6.07, 6.45) is 0. The molecule has 0 aliphatic rings. The maximum Gasteiger partial charge on any atom is -0.369 e. The second-order valence-corrected chi connectivity index (χ2v) is 2.68. The molecule has 7 heteroatoms. The quantitative estimate of drug-likeness (QED) is 0.490. The Kier molecular flexibility index (Phi) is 13.5. The van der Waals surface area contributed by atoms with E-state index in [9.17, 15) is 6.86 Å². The summed E-state index contributed by atoms with van der Waals surface area (Å²) in [4.78, 5) is 9.04. The predicted octanol–water partition coefficient (Wildman–Crippen LogP) is -1.68. The molecule has 0 fully saturated rings. The van der Waals surface area contributed by atoms with Crippen molar-refractivity contribution in [1.29, 1.82) is 0 Å². The van der Waals surface area contributed by atoms with E-state index in [1.807, 2.05) is 0 Å².